The molecular formula is C16H18N4O. The molecule has 1 aromatic heterocycles. The minimum Gasteiger partial charge on any atom is -0.308 e. The van der Waals surface area contributed by atoms with Crippen molar-refractivity contribution in [2.24, 2.45) is 0 Å². The number of fused-ring (bicyclic) bond motifs is 1. The van der Waals surface area contributed by atoms with Crippen LogP contribution in [0, 0.1) is 13.8 Å². The molecule has 108 valence electrons. The third-order valence-corrected chi connectivity index (χ3v) is 3.71. The highest BCUT2D eigenvalue weighted by Gasteiger charge is 2.24. The molecule has 0 fully saturated rings. The number of anilines is 1. The molecule has 1 atom stereocenters. The van der Waals surface area contributed by atoms with E-state index in [-0.39, 0.29) is 11.9 Å². The van der Waals surface area contributed by atoms with E-state index in [4.69, 9.17) is 0 Å². The standard InChI is InChI=1S/C16H18N4O/c1-10-8-18-15(11(2)19-10)20-16(21)14-7-12-5-3-4-6-13(12)9-17-14/h3-6,8,14,17H,7,9H2,1-2H3,(H,18,20,21)/t14-/m0/s1. The van der Waals surface area contributed by atoms with E-state index in [0.29, 0.717) is 18.8 Å². The van der Waals surface area contributed by atoms with Crippen molar-refractivity contribution in [2.75, 3.05) is 5.32 Å². The monoisotopic (exact) mass is 282 g/mol. The van der Waals surface area contributed by atoms with Crippen molar-refractivity contribution in [1.82, 2.24) is 15.3 Å². The molecule has 5 heteroatoms. The van der Waals surface area contributed by atoms with Crippen LogP contribution >= 0.6 is 0 Å². The normalized spacial score (nSPS) is 17.1. The van der Waals surface area contributed by atoms with Crippen LogP contribution < -0.4 is 10.6 Å². The maximum absolute atomic E-state index is 12.4. The van der Waals surface area contributed by atoms with Gasteiger partial charge in [-0.05, 0) is 31.4 Å². The fourth-order valence-corrected chi connectivity index (χ4v) is 2.56. The summed E-state index contributed by atoms with van der Waals surface area (Å²) in [5.74, 6) is 0.469. The fourth-order valence-electron chi connectivity index (χ4n) is 2.56. The molecule has 2 N–H and O–H groups in total. The number of amides is 1. The number of carbonyl (C=O) groups excluding carboxylic acids is 1. The zero-order valence-corrected chi connectivity index (χ0v) is 12.2. The van der Waals surface area contributed by atoms with Crippen LogP contribution in [0.3, 0.4) is 0 Å². The lowest BCUT2D eigenvalue weighted by molar-refractivity contribution is -0.118. The lowest BCUT2D eigenvalue weighted by Gasteiger charge is -2.25. The zero-order chi connectivity index (χ0) is 14.8. The molecule has 1 amide bonds. The summed E-state index contributed by atoms with van der Waals surface area (Å²) in [6.07, 6.45) is 2.35. The molecule has 0 bridgehead atoms. The van der Waals surface area contributed by atoms with Crippen LogP contribution in [0.2, 0.25) is 0 Å². The number of rotatable bonds is 2. The molecule has 0 aliphatic carbocycles. The molecule has 2 aromatic rings. The number of hydrogen-bond acceptors (Lipinski definition) is 4. The van der Waals surface area contributed by atoms with Crippen LogP contribution in [0.4, 0.5) is 5.82 Å². The van der Waals surface area contributed by atoms with Crippen LogP contribution in [-0.4, -0.2) is 21.9 Å². The molecule has 5 nitrogen and oxygen atoms in total. The minimum absolute atomic E-state index is 0.0641. The van der Waals surface area contributed by atoms with Crippen molar-refractivity contribution in [3.63, 3.8) is 0 Å². The highest BCUT2D eigenvalue weighted by Crippen LogP contribution is 2.17. The Morgan fingerprint density at radius 3 is 2.81 bits per heavy atom. The Kier molecular flexibility index (Phi) is 3.66. The number of nitrogens with zero attached hydrogens (tertiary/aromatic N) is 2. The summed E-state index contributed by atoms with van der Waals surface area (Å²) >= 11 is 0. The van der Waals surface area contributed by atoms with E-state index in [1.807, 2.05) is 26.0 Å². The van der Waals surface area contributed by atoms with E-state index in [9.17, 15) is 4.79 Å². The molecule has 1 aliphatic heterocycles. The van der Waals surface area contributed by atoms with Crippen molar-refractivity contribution < 1.29 is 4.79 Å². The minimum atomic E-state index is -0.234. The van der Waals surface area contributed by atoms with E-state index >= 15 is 0 Å². The molecule has 0 spiro atoms. The van der Waals surface area contributed by atoms with Crippen LogP contribution in [0.25, 0.3) is 0 Å². The number of carbonyl (C=O) groups is 1. The van der Waals surface area contributed by atoms with Crippen LogP contribution in [0.5, 0.6) is 0 Å². The topological polar surface area (TPSA) is 66.9 Å². The van der Waals surface area contributed by atoms with E-state index in [1.165, 1.54) is 11.1 Å². The summed E-state index contributed by atoms with van der Waals surface area (Å²) in [6.45, 7) is 4.44. The van der Waals surface area contributed by atoms with Crippen LogP contribution in [0.15, 0.2) is 30.5 Å². The molecule has 0 radical (unpaired) electrons. The van der Waals surface area contributed by atoms with E-state index in [1.54, 1.807) is 6.20 Å². The Morgan fingerprint density at radius 2 is 2.05 bits per heavy atom. The molecule has 1 aliphatic rings. The van der Waals surface area contributed by atoms with Gasteiger partial charge in [0.1, 0.15) is 0 Å². The molecule has 2 heterocycles. The summed E-state index contributed by atoms with van der Waals surface area (Å²) in [7, 11) is 0. The first kappa shape index (κ1) is 13.7. The second-order valence-electron chi connectivity index (χ2n) is 5.34. The fraction of sp³-hybridized carbons (Fsp3) is 0.312. The first-order valence-corrected chi connectivity index (χ1v) is 7.05. The predicted molar refractivity (Wildman–Crippen MR) is 80.9 cm³/mol. The van der Waals surface area contributed by atoms with E-state index < -0.39 is 0 Å². The van der Waals surface area contributed by atoms with Gasteiger partial charge in [0.2, 0.25) is 5.91 Å². The van der Waals surface area contributed by atoms with Gasteiger partial charge in [-0.15, -0.1) is 0 Å². The van der Waals surface area contributed by atoms with Crippen molar-refractivity contribution >= 4 is 11.7 Å². The van der Waals surface area contributed by atoms with Gasteiger partial charge >= 0.3 is 0 Å². The Bertz CT molecular complexity index is 684. The quantitative estimate of drug-likeness (QED) is 0.880. The maximum atomic E-state index is 12.4. The molecule has 0 unspecified atom stereocenters. The Balaban J connectivity index is 1.72. The highest BCUT2D eigenvalue weighted by atomic mass is 16.2. The molecule has 0 saturated heterocycles. The lowest BCUT2D eigenvalue weighted by atomic mass is 9.95. The number of benzene rings is 1. The van der Waals surface area contributed by atoms with Crippen LogP contribution in [-0.2, 0) is 17.8 Å². The third kappa shape index (κ3) is 2.92. The van der Waals surface area contributed by atoms with Gasteiger partial charge in [0, 0.05) is 6.54 Å². The summed E-state index contributed by atoms with van der Waals surface area (Å²) in [6, 6.07) is 7.96. The van der Waals surface area contributed by atoms with Gasteiger partial charge in [-0.3, -0.25) is 9.78 Å². The summed E-state index contributed by atoms with van der Waals surface area (Å²) in [4.78, 5) is 20.9. The largest absolute Gasteiger partial charge is 0.308 e. The Labute approximate surface area is 123 Å². The number of nitrogens with one attached hydrogen (secondary N) is 2. The molecule has 0 saturated carbocycles. The van der Waals surface area contributed by atoms with Crippen molar-refractivity contribution in [2.45, 2.75) is 32.9 Å². The van der Waals surface area contributed by atoms with Crippen molar-refractivity contribution in [1.29, 1.82) is 0 Å². The second kappa shape index (κ2) is 5.61. The molecular weight excluding hydrogens is 264 g/mol. The first-order chi connectivity index (χ1) is 10.1. The lowest BCUT2D eigenvalue weighted by Crippen LogP contribution is -2.44. The first-order valence-electron chi connectivity index (χ1n) is 7.05. The Morgan fingerprint density at radius 1 is 1.29 bits per heavy atom. The van der Waals surface area contributed by atoms with Crippen LogP contribution in [0.1, 0.15) is 22.5 Å². The van der Waals surface area contributed by atoms with Gasteiger partial charge in [0.05, 0.1) is 23.6 Å². The van der Waals surface area contributed by atoms with E-state index in [0.717, 1.165) is 11.4 Å². The van der Waals surface area contributed by atoms with Gasteiger partial charge in [-0.25, -0.2) is 4.98 Å². The zero-order valence-electron chi connectivity index (χ0n) is 12.2. The van der Waals surface area contributed by atoms with Gasteiger partial charge < -0.3 is 10.6 Å². The third-order valence-electron chi connectivity index (χ3n) is 3.71. The van der Waals surface area contributed by atoms with Crippen molar-refractivity contribution in [3.05, 3.63) is 53.0 Å². The smallest absolute Gasteiger partial charge is 0.243 e. The molecule has 3 rings (SSSR count). The number of aromatic nitrogens is 2. The van der Waals surface area contributed by atoms with Gasteiger partial charge in [-0.2, -0.15) is 0 Å². The SMILES string of the molecule is Cc1cnc(NC(=O)[C@@H]2Cc3ccccc3CN2)c(C)n1. The average Bonchev–Trinajstić information content (AvgIpc) is 2.49. The van der Waals surface area contributed by atoms with Gasteiger partial charge in [0.25, 0.3) is 0 Å². The molecule has 1 aromatic carbocycles. The number of hydrogen-bond donors (Lipinski definition) is 2. The van der Waals surface area contributed by atoms with Gasteiger partial charge in [-0.1, -0.05) is 24.3 Å². The van der Waals surface area contributed by atoms with E-state index in [2.05, 4.69) is 32.7 Å². The maximum Gasteiger partial charge on any atom is 0.243 e. The average molecular weight is 282 g/mol. The summed E-state index contributed by atoms with van der Waals surface area (Å²) in [5, 5.41) is 6.13. The predicted octanol–water partition coefficient (Wildman–Crippen LogP) is 1.75. The summed E-state index contributed by atoms with van der Waals surface area (Å²) in [5.41, 5.74) is 4.06. The van der Waals surface area contributed by atoms with Gasteiger partial charge in [0.15, 0.2) is 5.82 Å². The Hall–Kier alpha value is -2.27. The number of aryl methyl sites for hydroxylation is 2. The van der Waals surface area contributed by atoms with Crippen molar-refractivity contribution in [3.8, 4) is 0 Å². The molecule has 21 heavy (non-hydrogen) atoms. The summed E-state index contributed by atoms with van der Waals surface area (Å²) < 4.78 is 0. The second-order valence-corrected chi connectivity index (χ2v) is 5.34. The highest BCUT2D eigenvalue weighted by molar-refractivity contribution is 5.94.